The lowest BCUT2D eigenvalue weighted by Gasteiger charge is -2.25. The van der Waals surface area contributed by atoms with Crippen LogP contribution in [0, 0.1) is 23.7 Å². The SMILES string of the molecule is CC1CCC(C(=O)Cc2ccc(OC(=O)C3CCC(C)CC3)nc2)CC1. The van der Waals surface area contributed by atoms with Crippen molar-refractivity contribution < 1.29 is 14.3 Å². The molecule has 0 saturated heterocycles. The van der Waals surface area contributed by atoms with E-state index in [1.165, 1.54) is 0 Å². The van der Waals surface area contributed by atoms with Gasteiger partial charge in [-0.1, -0.05) is 32.8 Å². The summed E-state index contributed by atoms with van der Waals surface area (Å²) in [6.07, 6.45) is 10.5. The lowest BCUT2D eigenvalue weighted by atomic mass is 9.80. The molecule has 2 aliphatic carbocycles. The van der Waals surface area contributed by atoms with E-state index < -0.39 is 0 Å². The molecule has 4 heteroatoms. The average Bonchev–Trinajstić information content (AvgIpc) is 2.64. The van der Waals surface area contributed by atoms with Gasteiger partial charge in [-0.25, -0.2) is 4.98 Å². The quantitative estimate of drug-likeness (QED) is 0.714. The number of rotatable bonds is 5. The highest BCUT2D eigenvalue weighted by Crippen LogP contribution is 2.30. The fraction of sp³-hybridized carbons (Fsp3) is 0.682. The fourth-order valence-corrected chi connectivity index (χ4v) is 4.19. The minimum atomic E-state index is -0.162. The summed E-state index contributed by atoms with van der Waals surface area (Å²) in [5.74, 6) is 2.17. The summed E-state index contributed by atoms with van der Waals surface area (Å²) in [7, 11) is 0. The second-order valence-electron chi connectivity index (χ2n) is 8.48. The first kappa shape index (κ1) is 19.1. The van der Waals surface area contributed by atoms with Crippen LogP contribution in [0.25, 0.3) is 0 Å². The molecule has 3 rings (SSSR count). The van der Waals surface area contributed by atoms with Gasteiger partial charge in [0, 0.05) is 24.6 Å². The largest absolute Gasteiger partial charge is 0.407 e. The minimum absolute atomic E-state index is 0.00273. The molecule has 0 bridgehead atoms. The van der Waals surface area contributed by atoms with Crippen molar-refractivity contribution in [3.63, 3.8) is 0 Å². The van der Waals surface area contributed by atoms with E-state index in [0.717, 1.165) is 62.8 Å². The number of aromatic nitrogens is 1. The fourth-order valence-electron chi connectivity index (χ4n) is 4.19. The van der Waals surface area contributed by atoms with Crippen LogP contribution in [0.1, 0.15) is 70.8 Å². The lowest BCUT2D eigenvalue weighted by molar-refractivity contribution is -0.140. The number of ketones is 1. The van der Waals surface area contributed by atoms with E-state index in [1.807, 2.05) is 6.07 Å². The summed E-state index contributed by atoms with van der Waals surface area (Å²) in [6, 6.07) is 3.58. The summed E-state index contributed by atoms with van der Waals surface area (Å²) in [5.41, 5.74) is 0.903. The third-order valence-electron chi connectivity index (χ3n) is 6.20. The van der Waals surface area contributed by atoms with Crippen LogP contribution >= 0.6 is 0 Å². The van der Waals surface area contributed by atoms with Crippen molar-refractivity contribution in [2.45, 2.75) is 71.6 Å². The van der Waals surface area contributed by atoms with Gasteiger partial charge in [0.25, 0.3) is 0 Å². The Hall–Kier alpha value is -1.71. The zero-order valence-corrected chi connectivity index (χ0v) is 16.1. The van der Waals surface area contributed by atoms with E-state index >= 15 is 0 Å². The second-order valence-corrected chi connectivity index (χ2v) is 8.48. The molecule has 26 heavy (non-hydrogen) atoms. The van der Waals surface area contributed by atoms with Crippen molar-refractivity contribution in [1.82, 2.24) is 4.98 Å². The summed E-state index contributed by atoms with van der Waals surface area (Å²) in [6.45, 7) is 4.50. The molecule has 142 valence electrons. The molecule has 0 aliphatic heterocycles. The van der Waals surface area contributed by atoms with Crippen LogP contribution < -0.4 is 4.74 Å². The molecular formula is C22H31NO3. The first-order valence-corrected chi connectivity index (χ1v) is 10.2. The first-order valence-electron chi connectivity index (χ1n) is 10.2. The van der Waals surface area contributed by atoms with Crippen LogP contribution in [0.3, 0.4) is 0 Å². The summed E-state index contributed by atoms with van der Waals surface area (Å²) in [5, 5.41) is 0. The molecule has 0 unspecified atom stereocenters. The third kappa shape index (κ3) is 5.15. The molecular weight excluding hydrogens is 326 g/mol. The molecule has 4 nitrogen and oxygen atoms in total. The third-order valence-corrected chi connectivity index (χ3v) is 6.20. The van der Waals surface area contributed by atoms with Gasteiger partial charge in [-0.3, -0.25) is 9.59 Å². The van der Waals surface area contributed by atoms with Crippen LogP contribution in [0.5, 0.6) is 5.88 Å². The van der Waals surface area contributed by atoms with E-state index in [4.69, 9.17) is 4.74 Å². The molecule has 0 amide bonds. The Balaban J connectivity index is 1.48. The van der Waals surface area contributed by atoms with Crippen molar-refractivity contribution in [3.05, 3.63) is 23.9 Å². The van der Waals surface area contributed by atoms with Gasteiger partial charge in [-0.05, 0) is 55.9 Å². The molecule has 2 saturated carbocycles. The van der Waals surface area contributed by atoms with Gasteiger partial charge in [-0.2, -0.15) is 0 Å². The van der Waals surface area contributed by atoms with Crippen molar-refractivity contribution >= 4 is 11.8 Å². The first-order chi connectivity index (χ1) is 12.5. The van der Waals surface area contributed by atoms with E-state index in [9.17, 15) is 9.59 Å². The number of nitrogens with zero attached hydrogens (tertiary/aromatic N) is 1. The monoisotopic (exact) mass is 357 g/mol. The van der Waals surface area contributed by atoms with Crippen LogP contribution in [0.4, 0.5) is 0 Å². The normalized spacial score (nSPS) is 29.2. The molecule has 1 aromatic heterocycles. The molecule has 0 atom stereocenters. The van der Waals surface area contributed by atoms with E-state index in [2.05, 4.69) is 18.8 Å². The zero-order valence-electron chi connectivity index (χ0n) is 16.1. The molecule has 2 aliphatic rings. The Labute approximate surface area is 156 Å². The number of carbonyl (C=O) groups is 2. The maximum Gasteiger partial charge on any atom is 0.315 e. The van der Waals surface area contributed by atoms with Crippen molar-refractivity contribution in [2.24, 2.45) is 23.7 Å². The van der Waals surface area contributed by atoms with Crippen molar-refractivity contribution in [3.8, 4) is 5.88 Å². The Morgan fingerprint density at radius 2 is 1.50 bits per heavy atom. The van der Waals surface area contributed by atoms with Gasteiger partial charge in [0.15, 0.2) is 0 Å². The molecule has 0 radical (unpaired) electrons. The lowest BCUT2D eigenvalue weighted by Crippen LogP contribution is -2.25. The topological polar surface area (TPSA) is 56.3 Å². The maximum absolute atomic E-state index is 12.5. The van der Waals surface area contributed by atoms with Crippen LogP contribution in [-0.4, -0.2) is 16.7 Å². The number of Topliss-reactive ketones (excluding diaryl/α,β-unsaturated/α-hetero) is 1. The van der Waals surface area contributed by atoms with E-state index in [0.29, 0.717) is 24.0 Å². The van der Waals surface area contributed by atoms with Crippen molar-refractivity contribution in [2.75, 3.05) is 0 Å². The number of esters is 1. The van der Waals surface area contributed by atoms with E-state index in [1.54, 1.807) is 12.3 Å². The zero-order chi connectivity index (χ0) is 18.5. The molecule has 0 aromatic carbocycles. The molecule has 0 spiro atoms. The van der Waals surface area contributed by atoms with Gasteiger partial charge < -0.3 is 4.74 Å². The molecule has 1 aromatic rings. The molecule has 2 fully saturated rings. The highest BCUT2D eigenvalue weighted by atomic mass is 16.5. The van der Waals surface area contributed by atoms with Gasteiger partial charge in [-0.15, -0.1) is 0 Å². The number of hydrogen-bond donors (Lipinski definition) is 0. The Morgan fingerprint density at radius 3 is 2.04 bits per heavy atom. The number of pyridine rings is 1. The van der Waals surface area contributed by atoms with Crippen LogP contribution in [-0.2, 0) is 16.0 Å². The maximum atomic E-state index is 12.5. The molecule has 0 N–H and O–H groups in total. The predicted molar refractivity (Wildman–Crippen MR) is 101 cm³/mol. The number of hydrogen-bond acceptors (Lipinski definition) is 4. The highest BCUT2D eigenvalue weighted by molar-refractivity contribution is 5.83. The highest BCUT2D eigenvalue weighted by Gasteiger charge is 2.26. The summed E-state index contributed by atoms with van der Waals surface area (Å²) < 4.78 is 5.44. The second kappa shape index (κ2) is 8.79. The minimum Gasteiger partial charge on any atom is -0.407 e. The Bertz CT molecular complexity index is 554. The summed E-state index contributed by atoms with van der Waals surface area (Å²) >= 11 is 0. The Kier molecular flexibility index (Phi) is 6.44. The Morgan fingerprint density at radius 1 is 0.923 bits per heavy atom. The number of carbonyl (C=O) groups excluding carboxylic acids is 2. The van der Waals surface area contributed by atoms with Crippen LogP contribution in [0.15, 0.2) is 18.3 Å². The predicted octanol–water partition coefficient (Wildman–Crippen LogP) is 4.75. The summed E-state index contributed by atoms with van der Waals surface area (Å²) in [4.78, 5) is 29.0. The standard InChI is InChI=1S/C22H31NO3/c1-15-3-8-18(9-4-15)20(24)13-17-7-12-21(23-14-17)26-22(25)19-10-5-16(2)6-11-19/h7,12,14-16,18-19H,3-6,8-11,13H2,1-2H3. The van der Waals surface area contributed by atoms with Crippen LogP contribution in [0.2, 0.25) is 0 Å². The van der Waals surface area contributed by atoms with Gasteiger partial charge in [0.1, 0.15) is 5.78 Å². The average molecular weight is 357 g/mol. The van der Waals surface area contributed by atoms with E-state index in [-0.39, 0.29) is 17.8 Å². The molecule has 1 heterocycles. The van der Waals surface area contributed by atoms with Crippen molar-refractivity contribution in [1.29, 1.82) is 0 Å². The smallest absolute Gasteiger partial charge is 0.315 e. The van der Waals surface area contributed by atoms with Gasteiger partial charge in [0.05, 0.1) is 5.92 Å². The number of ether oxygens (including phenoxy) is 1. The van der Waals surface area contributed by atoms with Gasteiger partial charge >= 0.3 is 5.97 Å². The van der Waals surface area contributed by atoms with Gasteiger partial charge in [0.2, 0.25) is 5.88 Å².